The summed E-state index contributed by atoms with van der Waals surface area (Å²) >= 11 is 0. The van der Waals surface area contributed by atoms with E-state index in [0.29, 0.717) is 19.7 Å². The Balaban J connectivity index is 2.83. The normalized spacial score (nSPS) is 10.9. The molecule has 106 valence electrons. The van der Waals surface area contributed by atoms with Crippen LogP contribution in [0.2, 0.25) is 0 Å². The Morgan fingerprint density at radius 3 is 2.79 bits per heavy atom. The van der Waals surface area contributed by atoms with Gasteiger partial charge in [-0.15, -0.1) is 0 Å². The summed E-state index contributed by atoms with van der Waals surface area (Å²) < 4.78 is 18.8. The van der Waals surface area contributed by atoms with Crippen molar-refractivity contribution < 1.29 is 19.2 Å². The molecule has 0 saturated heterocycles. The maximum atomic E-state index is 13.9. The lowest BCUT2D eigenvalue weighted by atomic mass is 10.1. The van der Waals surface area contributed by atoms with E-state index in [9.17, 15) is 14.5 Å². The minimum absolute atomic E-state index is 0.0692. The molecule has 1 N–H and O–H groups in total. The summed E-state index contributed by atoms with van der Waals surface area (Å²) in [5, 5.41) is 19.6. The third-order valence-electron chi connectivity index (χ3n) is 2.68. The summed E-state index contributed by atoms with van der Waals surface area (Å²) in [6, 6.07) is 4.08. The van der Waals surface area contributed by atoms with Crippen LogP contribution in [0.1, 0.15) is 5.56 Å². The zero-order chi connectivity index (χ0) is 14.3. The molecular formula is C12H17FN2O4. The van der Waals surface area contributed by atoms with Gasteiger partial charge in [-0.2, -0.15) is 4.39 Å². The third-order valence-corrected chi connectivity index (χ3v) is 2.68. The highest BCUT2D eigenvalue weighted by atomic mass is 19.1. The maximum absolute atomic E-state index is 13.9. The lowest BCUT2D eigenvalue weighted by molar-refractivity contribution is -0.387. The smallest absolute Gasteiger partial charge is 0.305 e. The summed E-state index contributed by atoms with van der Waals surface area (Å²) in [5.41, 5.74) is -0.299. The molecule has 0 aliphatic carbocycles. The second-order valence-electron chi connectivity index (χ2n) is 4.00. The summed E-state index contributed by atoms with van der Waals surface area (Å²) in [5.74, 6) is -0.826. The van der Waals surface area contributed by atoms with Crippen LogP contribution in [0.4, 0.5) is 10.1 Å². The van der Waals surface area contributed by atoms with E-state index in [-0.39, 0.29) is 18.7 Å². The van der Waals surface area contributed by atoms with Crippen LogP contribution in [0, 0.1) is 15.9 Å². The van der Waals surface area contributed by atoms with Gasteiger partial charge in [0.2, 0.25) is 5.82 Å². The number of aliphatic hydroxyl groups excluding tert-OH is 1. The number of nitro benzene ring substituents is 1. The summed E-state index contributed by atoms with van der Waals surface area (Å²) in [7, 11) is 1.55. The quantitative estimate of drug-likeness (QED) is 0.568. The first-order valence-corrected chi connectivity index (χ1v) is 5.84. The van der Waals surface area contributed by atoms with Crippen LogP contribution in [-0.4, -0.2) is 48.3 Å². The van der Waals surface area contributed by atoms with Crippen molar-refractivity contribution in [3.8, 4) is 0 Å². The van der Waals surface area contributed by atoms with Crippen LogP contribution in [0.3, 0.4) is 0 Å². The number of hydrogen-bond donors (Lipinski definition) is 1. The van der Waals surface area contributed by atoms with Crippen molar-refractivity contribution in [2.75, 3.05) is 33.4 Å². The van der Waals surface area contributed by atoms with Gasteiger partial charge in [0.15, 0.2) is 0 Å². The van der Waals surface area contributed by atoms with Crippen molar-refractivity contribution in [2.24, 2.45) is 0 Å². The highest BCUT2D eigenvalue weighted by Gasteiger charge is 2.18. The van der Waals surface area contributed by atoms with Crippen LogP contribution >= 0.6 is 0 Å². The predicted octanol–water partition coefficient (Wildman–Crippen LogP) is 1.17. The summed E-state index contributed by atoms with van der Waals surface area (Å²) in [6.07, 6.45) is 0. The van der Waals surface area contributed by atoms with Gasteiger partial charge in [0, 0.05) is 38.4 Å². The highest BCUT2D eigenvalue weighted by molar-refractivity contribution is 5.36. The first-order chi connectivity index (χ1) is 9.10. The van der Waals surface area contributed by atoms with Crippen molar-refractivity contribution >= 4 is 5.69 Å². The fourth-order valence-corrected chi connectivity index (χ4v) is 1.70. The molecular weight excluding hydrogens is 255 g/mol. The highest BCUT2D eigenvalue weighted by Crippen LogP contribution is 2.21. The van der Waals surface area contributed by atoms with E-state index in [2.05, 4.69) is 0 Å². The Morgan fingerprint density at radius 2 is 2.21 bits per heavy atom. The molecule has 0 aliphatic rings. The summed E-state index contributed by atoms with van der Waals surface area (Å²) in [4.78, 5) is 11.7. The molecule has 0 radical (unpaired) electrons. The van der Waals surface area contributed by atoms with Gasteiger partial charge < -0.3 is 9.84 Å². The minimum atomic E-state index is -0.826. The van der Waals surface area contributed by atoms with E-state index >= 15 is 0 Å². The first kappa shape index (κ1) is 15.5. The molecule has 0 spiro atoms. The molecule has 0 amide bonds. The van der Waals surface area contributed by atoms with Gasteiger partial charge in [-0.25, -0.2) is 0 Å². The van der Waals surface area contributed by atoms with Crippen LogP contribution < -0.4 is 0 Å². The second-order valence-corrected chi connectivity index (χ2v) is 4.00. The van der Waals surface area contributed by atoms with Crippen LogP contribution in [0.15, 0.2) is 18.2 Å². The number of ether oxygens (including phenoxy) is 1. The van der Waals surface area contributed by atoms with E-state index in [1.165, 1.54) is 12.1 Å². The van der Waals surface area contributed by atoms with Crippen molar-refractivity contribution in [3.63, 3.8) is 0 Å². The average molecular weight is 272 g/mol. The molecule has 19 heavy (non-hydrogen) atoms. The Kier molecular flexibility index (Phi) is 6.34. The Morgan fingerprint density at radius 1 is 1.47 bits per heavy atom. The number of rotatable bonds is 8. The molecule has 1 aromatic carbocycles. The Hall–Kier alpha value is -1.57. The molecule has 7 heteroatoms. The van der Waals surface area contributed by atoms with Gasteiger partial charge >= 0.3 is 5.69 Å². The van der Waals surface area contributed by atoms with Crippen LogP contribution in [0.25, 0.3) is 0 Å². The molecule has 0 aliphatic heterocycles. The molecule has 1 rings (SSSR count). The second kappa shape index (κ2) is 7.78. The molecule has 0 fully saturated rings. The van der Waals surface area contributed by atoms with E-state index in [1.54, 1.807) is 12.0 Å². The van der Waals surface area contributed by atoms with Crippen LogP contribution in [-0.2, 0) is 11.3 Å². The molecule has 0 saturated carbocycles. The molecule has 0 atom stereocenters. The van der Waals surface area contributed by atoms with E-state index < -0.39 is 16.4 Å². The van der Waals surface area contributed by atoms with E-state index in [0.717, 1.165) is 6.07 Å². The fourth-order valence-electron chi connectivity index (χ4n) is 1.70. The number of methoxy groups -OCH3 is 1. The van der Waals surface area contributed by atoms with Gasteiger partial charge in [0.1, 0.15) is 0 Å². The zero-order valence-corrected chi connectivity index (χ0v) is 10.7. The number of nitrogens with zero attached hydrogens (tertiary/aromatic N) is 2. The average Bonchev–Trinajstić information content (AvgIpc) is 2.38. The van der Waals surface area contributed by atoms with E-state index in [4.69, 9.17) is 9.84 Å². The van der Waals surface area contributed by atoms with Gasteiger partial charge in [0.25, 0.3) is 0 Å². The van der Waals surface area contributed by atoms with Crippen molar-refractivity contribution in [2.45, 2.75) is 6.54 Å². The topological polar surface area (TPSA) is 75.8 Å². The molecule has 0 heterocycles. The van der Waals surface area contributed by atoms with Gasteiger partial charge in [-0.05, 0) is 0 Å². The largest absolute Gasteiger partial charge is 0.395 e. The van der Waals surface area contributed by atoms with Gasteiger partial charge in [0.05, 0.1) is 18.1 Å². The van der Waals surface area contributed by atoms with Gasteiger partial charge in [-0.1, -0.05) is 12.1 Å². The zero-order valence-electron chi connectivity index (χ0n) is 10.7. The Labute approximate surface area is 110 Å². The number of hydrogen-bond acceptors (Lipinski definition) is 5. The number of nitro groups is 1. The minimum Gasteiger partial charge on any atom is -0.395 e. The standard InChI is InChI=1S/C12H17FN2O4/c1-19-8-6-14(5-7-16)9-10-3-2-4-11(12(10)13)15(17)18/h2-4,16H,5-9H2,1H3. The summed E-state index contributed by atoms with van der Waals surface area (Å²) in [6.45, 7) is 1.43. The van der Waals surface area contributed by atoms with Crippen molar-refractivity contribution in [1.29, 1.82) is 0 Å². The molecule has 0 aromatic heterocycles. The lowest BCUT2D eigenvalue weighted by Gasteiger charge is -2.21. The van der Waals surface area contributed by atoms with Crippen LogP contribution in [0.5, 0.6) is 0 Å². The molecule has 0 unspecified atom stereocenters. The predicted molar refractivity (Wildman–Crippen MR) is 67.3 cm³/mol. The Bertz CT molecular complexity index is 428. The van der Waals surface area contributed by atoms with E-state index in [1.807, 2.05) is 0 Å². The number of aliphatic hydroxyl groups is 1. The van der Waals surface area contributed by atoms with Gasteiger partial charge in [-0.3, -0.25) is 15.0 Å². The maximum Gasteiger partial charge on any atom is 0.305 e. The number of benzene rings is 1. The monoisotopic (exact) mass is 272 g/mol. The van der Waals surface area contributed by atoms with Crippen molar-refractivity contribution in [1.82, 2.24) is 4.90 Å². The molecule has 6 nitrogen and oxygen atoms in total. The third kappa shape index (κ3) is 4.55. The molecule has 1 aromatic rings. The lowest BCUT2D eigenvalue weighted by Crippen LogP contribution is -2.30. The SMILES string of the molecule is COCCN(CCO)Cc1cccc([N+](=O)[O-])c1F. The number of halogens is 1. The molecule has 0 bridgehead atoms. The van der Waals surface area contributed by atoms with Crippen molar-refractivity contribution in [3.05, 3.63) is 39.7 Å². The first-order valence-electron chi connectivity index (χ1n) is 5.84. The fraction of sp³-hybridized carbons (Fsp3) is 0.500.